The maximum Gasteiger partial charge on any atom is 0.339 e. The molecule has 0 radical (unpaired) electrons. The molecule has 1 heterocycles. The van der Waals surface area contributed by atoms with Crippen molar-refractivity contribution in [2.45, 2.75) is 19.9 Å². The number of carbonyl (C=O) groups is 2. The van der Waals surface area contributed by atoms with E-state index in [1.807, 2.05) is 19.9 Å². The Kier molecular flexibility index (Phi) is 4.37. The summed E-state index contributed by atoms with van der Waals surface area (Å²) in [4.78, 5) is 27.1. The lowest BCUT2D eigenvalue weighted by Crippen LogP contribution is -2.35. The third-order valence-corrected chi connectivity index (χ3v) is 2.88. The smallest absolute Gasteiger partial charge is 0.339 e. The molecule has 0 aliphatic heterocycles. The van der Waals surface area contributed by atoms with Gasteiger partial charge in [-0.05, 0) is 19.9 Å². The first kappa shape index (κ1) is 14.8. The number of nitrogens with one attached hydrogen (secondary N) is 2. The van der Waals surface area contributed by atoms with Gasteiger partial charge in [-0.25, -0.2) is 4.79 Å². The van der Waals surface area contributed by atoms with Crippen LogP contribution in [0.1, 0.15) is 24.2 Å². The Labute approximate surface area is 122 Å². The van der Waals surface area contributed by atoms with Crippen LogP contribution in [0.25, 0.3) is 10.9 Å². The van der Waals surface area contributed by atoms with Crippen LogP contribution < -0.4 is 10.6 Å². The van der Waals surface area contributed by atoms with Crippen LogP contribution >= 0.6 is 0 Å². The highest BCUT2D eigenvalue weighted by atomic mass is 16.4. The molecule has 21 heavy (non-hydrogen) atoms. The van der Waals surface area contributed by atoms with Crippen LogP contribution in [0.2, 0.25) is 0 Å². The molecule has 0 aliphatic carbocycles. The summed E-state index contributed by atoms with van der Waals surface area (Å²) in [6.07, 6.45) is 1.30. The Bertz CT molecular complexity index is 683. The molecule has 110 valence electrons. The van der Waals surface area contributed by atoms with Crippen molar-refractivity contribution in [2.75, 3.05) is 11.9 Å². The molecule has 3 N–H and O–H groups in total. The van der Waals surface area contributed by atoms with E-state index in [2.05, 4.69) is 15.6 Å². The number of rotatable bonds is 5. The number of hydrogen-bond donors (Lipinski definition) is 3. The molecule has 0 unspecified atom stereocenters. The Balaban J connectivity index is 2.33. The second kappa shape index (κ2) is 6.21. The van der Waals surface area contributed by atoms with Gasteiger partial charge in [-0.15, -0.1) is 0 Å². The molecule has 0 fully saturated rings. The molecule has 0 bridgehead atoms. The monoisotopic (exact) mass is 287 g/mol. The second-order valence-electron chi connectivity index (χ2n) is 4.94. The van der Waals surface area contributed by atoms with E-state index in [1.165, 1.54) is 6.20 Å². The topological polar surface area (TPSA) is 91.3 Å². The van der Waals surface area contributed by atoms with Crippen molar-refractivity contribution in [1.29, 1.82) is 0 Å². The van der Waals surface area contributed by atoms with Gasteiger partial charge in [0.15, 0.2) is 0 Å². The van der Waals surface area contributed by atoms with Gasteiger partial charge in [0.1, 0.15) is 5.56 Å². The number of para-hydroxylation sites is 1. The van der Waals surface area contributed by atoms with Gasteiger partial charge in [-0.3, -0.25) is 9.78 Å². The number of benzene rings is 1. The first-order valence-electron chi connectivity index (χ1n) is 6.63. The standard InChI is InChI=1S/C15H17N3O3/c1-9(2)18-13(19)8-17-14-10-5-3-4-6-12(10)16-7-11(14)15(20)21/h3-7,9H,8H2,1-2H3,(H,16,17)(H,18,19)(H,20,21). The summed E-state index contributed by atoms with van der Waals surface area (Å²) in [5, 5.41) is 15.6. The molecular weight excluding hydrogens is 270 g/mol. The van der Waals surface area contributed by atoms with Gasteiger partial charge in [0.25, 0.3) is 0 Å². The number of aromatic carboxylic acids is 1. The van der Waals surface area contributed by atoms with E-state index in [4.69, 9.17) is 0 Å². The first-order valence-corrected chi connectivity index (χ1v) is 6.63. The summed E-state index contributed by atoms with van der Waals surface area (Å²) in [7, 11) is 0. The van der Waals surface area contributed by atoms with Gasteiger partial charge in [0.05, 0.1) is 17.7 Å². The number of aromatic nitrogens is 1. The first-order chi connectivity index (χ1) is 9.99. The van der Waals surface area contributed by atoms with Gasteiger partial charge in [0, 0.05) is 17.6 Å². The third kappa shape index (κ3) is 3.47. The van der Waals surface area contributed by atoms with E-state index in [0.29, 0.717) is 16.6 Å². The van der Waals surface area contributed by atoms with Gasteiger partial charge < -0.3 is 15.7 Å². The van der Waals surface area contributed by atoms with Crippen LogP contribution in [-0.4, -0.2) is 34.6 Å². The Morgan fingerprint density at radius 3 is 2.67 bits per heavy atom. The van der Waals surface area contributed by atoms with Crippen molar-refractivity contribution < 1.29 is 14.7 Å². The number of amides is 1. The predicted octanol–water partition coefficient (Wildman–Crippen LogP) is 1.87. The zero-order valence-corrected chi connectivity index (χ0v) is 11.9. The molecule has 0 saturated heterocycles. The van der Waals surface area contributed by atoms with Crippen molar-refractivity contribution in [1.82, 2.24) is 10.3 Å². The number of carboxylic acids is 1. The van der Waals surface area contributed by atoms with Crippen molar-refractivity contribution in [3.05, 3.63) is 36.0 Å². The summed E-state index contributed by atoms with van der Waals surface area (Å²) in [6, 6.07) is 7.23. The van der Waals surface area contributed by atoms with E-state index in [1.54, 1.807) is 18.2 Å². The number of fused-ring (bicyclic) bond motifs is 1. The Morgan fingerprint density at radius 1 is 1.29 bits per heavy atom. The third-order valence-electron chi connectivity index (χ3n) is 2.88. The normalized spacial score (nSPS) is 10.6. The fourth-order valence-electron chi connectivity index (χ4n) is 2.04. The lowest BCUT2D eigenvalue weighted by atomic mass is 10.1. The molecule has 0 spiro atoms. The number of pyridine rings is 1. The fourth-order valence-corrected chi connectivity index (χ4v) is 2.04. The number of anilines is 1. The van der Waals surface area contributed by atoms with E-state index >= 15 is 0 Å². The minimum atomic E-state index is -1.08. The Hall–Kier alpha value is -2.63. The van der Waals surface area contributed by atoms with Crippen molar-refractivity contribution in [3.63, 3.8) is 0 Å². The highest BCUT2D eigenvalue weighted by Gasteiger charge is 2.15. The van der Waals surface area contributed by atoms with E-state index in [9.17, 15) is 14.7 Å². The number of hydrogen-bond acceptors (Lipinski definition) is 4. The number of nitrogens with zero attached hydrogens (tertiary/aromatic N) is 1. The molecule has 6 heteroatoms. The Morgan fingerprint density at radius 2 is 2.00 bits per heavy atom. The number of carboxylic acid groups (broad SMARTS) is 1. The van der Waals surface area contributed by atoms with Crippen molar-refractivity contribution >= 4 is 28.5 Å². The van der Waals surface area contributed by atoms with Gasteiger partial charge >= 0.3 is 5.97 Å². The predicted molar refractivity (Wildman–Crippen MR) is 80.5 cm³/mol. The quantitative estimate of drug-likeness (QED) is 0.781. The van der Waals surface area contributed by atoms with E-state index < -0.39 is 5.97 Å². The summed E-state index contributed by atoms with van der Waals surface area (Å²) in [5.41, 5.74) is 1.13. The van der Waals surface area contributed by atoms with Crippen LogP contribution in [-0.2, 0) is 4.79 Å². The van der Waals surface area contributed by atoms with Gasteiger partial charge in [-0.1, -0.05) is 18.2 Å². The molecule has 0 saturated carbocycles. The molecule has 6 nitrogen and oxygen atoms in total. The summed E-state index contributed by atoms with van der Waals surface area (Å²) >= 11 is 0. The van der Waals surface area contributed by atoms with Crippen molar-refractivity contribution in [2.24, 2.45) is 0 Å². The van der Waals surface area contributed by atoms with Gasteiger partial charge in [-0.2, -0.15) is 0 Å². The molecule has 1 aromatic heterocycles. The zero-order valence-electron chi connectivity index (χ0n) is 11.9. The van der Waals surface area contributed by atoms with Crippen LogP contribution in [0.3, 0.4) is 0 Å². The minimum Gasteiger partial charge on any atom is -0.478 e. The minimum absolute atomic E-state index is 0.00642. The summed E-state index contributed by atoms with van der Waals surface area (Å²) < 4.78 is 0. The average Bonchev–Trinajstić information content (AvgIpc) is 2.43. The zero-order chi connectivity index (χ0) is 15.4. The molecule has 2 rings (SSSR count). The lowest BCUT2D eigenvalue weighted by molar-refractivity contribution is -0.119. The van der Waals surface area contributed by atoms with Crippen LogP contribution in [0.4, 0.5) is 5.69 Å². The SMILES string of the molecule is CC(C)NC(=O)CNc1c(C(=O)O)cnc2ccccc12. The lowest BCUT2D eigenvalue weighted by Gasteiger charge is -2.13. The highest BCUT2D eigenvalue weighted by molar-refractivity contribution is 6.04. The molecule has 1 amide bonds. The molecule has 0 atom stereocenters. The van der Waals surface area contributed by atoms with Crippen LogP contribution in [0.15, 0.2) is 30.5 Å². The van der Waals surface area contributed by atoms with Crippen molar-refractivity contribution in [3.8, 4) is 0 Å². The largest absolute Gasteiger partial charge is 0.478 e. The molecular formula is C15H17N3O3. The maximum atomic E-state index is 11.7. The molecule has 1 aromatic carbocycles. The number of carbonyl (C=O) groups excluding carboxylic acids is 1. The van der Waals surface area contributed by atoms with E-state index in [0.717, 1.165) is 0 Å². The molecule has 0 aliphatic rings. The van der Waals surface area contributed by atoms with Crippen LogP contribution in [0.5, 0.6) is 0 Å². The second-order valence-corrected chi connectivity index (χ2v) is 4.94. The maximum absolute atomic E-state index is 11.7. The summed E-state index contributed by atoms with van der Waals surface area (Å²) in [6.45, 7) is 3.73. The van der Waals surface area contributed by atoms with E-state index in [-0.39, 0.29) is 24.1 Å². The highest BCUT2D eigenvalue weighted by Crippen LogP contribution is 2.25. The van der Waals surface area contributed by atoms with Crippen LogP contribution in [0, 0.1) is 0 Å². The fraction of sp³-hybridized carbons (Fsp3) is 0.267. The average molecular weight is 287 g/mol. The summed E-state index contributed by atoms with van der Waals surface area (Å²) in [5.74, 6) is -1.28. The van der Waals surface area contributed by atoms with Gasteiger partial charge in [0.2, 0.25) is 5.91 Å². The molecule has 2 aromatic rings.